The highest BCUT2D eigenvalue weighted by molar-refractivity contribution is 5.33. The lowest BCUT2D eigenvalue weighted by atomic mass is 9.93. The molecule has 1 aliphatic carbocycles. The number of aliphatic hydroxyl groups is 1. The molecule has 6 heteroatoms. The lowest BCUT2D eigenvalue weighted by molar-refractivity contribution is 0.0107. The Morgan fingerprint density at radius 2 is 2.26 bits per heavy atom. The van der Waals surface area contributed by atoms with Crippen molar-refractivity contribution < 1.29 is 9.84 Å². The fraction of sp³-hybridized carbons (Fsp3) is 0.769. The van der Waals surface area contributed by atoms with E-state index in [0.717, 1.165) is 25.1 Å². The second-order valence-corrected chi connectivity index (χ2v) is 5.49. The molecule has 6 nitrogen and oxygen atoms in total. The average Bonchev–Trinajstić information content (AvgIpc) is 3.16. The van der Waals surface area contributed by atoms with E-state index < -0.39 is 5.60 Å². The molecule has 1 atom stereocenters. The first-order valence-electron chi connectivity index (χ1n) is 6.70. The zero-order valence-electron chi connectivity index (χ0n) is 12.0. The molecule has 19 heavy (non-hydrogen) atoms. The second-order valence-electron chi connectivity index (χ2n) is 5.49. The fourth-order valence-electron chi connectivity index (χ4n) is 2.44. The maximum atomic E-state index is 10.9. The van der Waals surface area contributed by atoms with Crippen LogP contribution in [0.4, 0.5) is 0 Å². The Balaban J connectivity index is 2.32. The second kappa shape index (κ2) is 5.48. The van der Waals surface area contributed by atoms with Gasteiger partial charge in [-0.3, -0.25) is 4.68 Å². The summed E-state index contributed by atoms with van der Waals surface area (Å²) in [7, 11) is 5.62. The minimum absolute atomic E-state index is 0.196. The molecule has 1 heterocycles. The summed E-state index contributed by atoms with van der Waals surface area (Å²) in [6.45, 7) is 1.76. The Bertz CT molecular complexity index is 428. The summed E-state index contributed by atoms with van der Waals surface area (Å²) in [5, 5.41) is 15.2. The summed E-state index contributed by atoms with van der Waals surface area (Å²) < 4.78 is 7.17. The molecule has 0 aliphatic heterocycles. The molecule has 0 aromatic carbocycles. The number of aromatic nitrogens is 2. The first kappa shape index (κ1) is 14.3. The Kier molecular flexibility index (Phi) is 4.13. The quantitative estimate of drug-likeness (QED) is 0.728. The summed E-state index contributed by atoms with van der Waals surface area (Å²) >= 11 is 0. The van der Waals surface area contributed by atoms with E-state index in [0.29, 0.717) is 12.3 Å². The Morgan fingerprint density at radius 1 is 1.58 bits per heavy atom. The predicted molar refractivity (Wildman–Crippen MR) is 73.0 cm³/mol. The van der Waals surface area contributed by atoms with E-state index in [1.165, 1.54) is 0 Å². The largest absolute Gasteiger partial charge is 0.493 e. The SMILES string of the molecule is COc1cnn(CCN(C)C)c1C(O)(CN)C1CC1. The number of nitrogens with zero attached hydrogens (tertiary/aromatic N) is 3. The minimum Gasteiger partial charge on any atom is -0.493 e. The molecule has 0 bridgehead atoms. The molecular formula is C13H24N4O2. The van der Waals surface area contributed by atoms with Gasteiger partial charge in [-0.25, -0.2) is 0 Å². The topological polar surface area (TPSA) is 76.5 Å². The number of hydrogen-bond donors (Lipinski definition) is 2. The number of rotatable bonds is 7. The minimum atomic E-state index is -1.02. The van der Waals surface area contributed by atoms with Gasteiger partial charge in [-0.2, -0.15) is 5.10 Å². The number of methoxy groups -OCH3 is 1. The van der Waals surface area contributed by atoms with E-state index in [1.54, 1.807) is 13.3 Å². The molecule has 1 fully saturated rings. The zero-order chi connectivity index (χ0) is 14.0. The van der Waals surface area contributed by atoms with Crippen molar-refractivity contribution in [2.24, 2.45) is 11.7 Å². The predicted octanol–water partition coefficient (Wildman–Crippen LogP) is 0.00960. The summed E-state index contributed by atoms with van der Waals surface area (Å²) in [5.41, 5.74) is 5.53. The van der Waals surface area contributed by atoms with E-state index >= 15 is 0 Å². The van der Waals surface area contributed by atoms with Gasteiger partial charge < -0.3 is 20.5 Å². The maximum absolute atomic E-state index is 10.9. The molecule has 1 aromatic rings. The van der Waals surface area contributed by atoms with Crippen LogP contribution >= 0.6 is 0 Å². The van der Waals surface area contributed by atoms with Gasteiger partial charge in [0.05, 0.1) is 19.9 Å². The average molecular weight is 268 g/mol. The normalized spacial score (nSPS) is 18.6. The molecule has 0 saturated heterocycles. The number of likely N-dealkylation sites (N-methyl/N-ethyl adjacent to an activating group) is 1. The smallest absolute Gasteiger partial charge is 0.163 e. The van der Waals surface area contributed by atoms with E-state index in [4.69, 9.17) is 10.5 Å². The van der Waals surface area contributed by atoms with Crippen LogP contribution in [0.25, 0.3) is 0 Å². The number of hydrogen-bond acceptors (Lipinski definition) is 5. The molecule has 0 amide bonds. The van der Waals surface area contributed by atoms with Crippen LogP contribution in [0.15, 0.2) is 6.20 Å². The van der Waals surface area contributed by atoms with Crippen molar-refractivity contribution in [2.45, 2.75) is 25.0 Å². The third kappa shape index (κ3) is 2.75. The van der Waals surface area contributed by atoms with Crippen LogP contribution in [0.1, 0.15) is 18.5 Å². The molecule has 1 aromatic heterocycles. The van der Waals surface area contributed by atoms with Crippen LogP contribution in [-0.4, -0.2) is 54.1 Å². The third-order valence-electron chi connectivity index (χ3n) is 3.76. The third-order valence-corrected chi connectivity index (χ3v) is 3.76. The lowest BCUT2D eigenvalue weighted by Gasteiger charge is -2.28. The van der Waals surface area contributed by atoms with Crippen molar-refractivity contribution in [1.82, 2.24) is 14.7 Å². The van der Waals surface area contributed by atoms with E-state index in [9.17, 15) is 5.11 Å². The summed E-state index contributed by atoms with van der Waals surface area (Å²) in [5.74, 6) is 0.847. The molecule has 3 N–H and O–H groups in total. The van der Waals surface area contributed by atoms with Gasteiger partial charge in [0.1, 0.15) is 11.3 Å². The fourth-order valence-corrected chi connectivity index (χ4v) is 2.44. The van der Waals surface area contributed by atoms with Gasteiger partial charge >= 0.3 is 0 Å². The Labute approximate surface area is 114 Å². The highest BCUT2D eigenvalue weighted by atomic mass is 16.5. The van der Waals surface area contributed by atoms with Crippen LogP contribution in [0.2, 0.25) is 0 Å². The van der Waals surface area contributed by atoms with Gasteiger partial charge in [0, 0.05) is 13.1 Å². The zero-order valence-corrected chi connectivity index (χ0v) is 12.0. The Hall–Kier alpha value is -1.11. The van der Waals surface area contributed by atoms with Gasteiger partial charge in [-0.15, -0.1) is 0 Å². The molecule has 108 valence electrons. The van der Waals surface area contributed by atoms with Crippen LogP contribution in [0.3, 0.4) is 0 Å². The maximum Gasteiger partial charge on any atom is 0.163 e. The van der Waals surface area contributed by atoms with E-state index in [-0.39, 0.29) is 12.5 Å². The van der Waals surface area contributed by atoms with Gasteiger partial charge in [0.2, 0.25) is 0 Å². The summed E-state index contributed by atoms with van der Waals surface area (Å²) in [6.07, 6.45) is 3.68. The summed E-state index contributed by atoms with van der Waals surface area (Å²) in [4.78, 5) is 2.08. The van der Waals surface area contributed by atoms with Crippen LogP contribution in [-0.2, 0) is 12.1 Å². The first-order valence-corrected chi connectivity index (χ1v) is 6.70. The number of nitrogens with two attached hydrogens (primary N) is 1. The molecular weight excluding hydrogens is 244 g/mol. The van der Waals surface area contributed by atoms with Crippen molar-refractivity contribution in [3.63, 3.8) is 0 Å². The van der Waals surface area contributed by atoms with Gasteiger partial charge in [0.25, 0.3) is 0 Å². The van der Waals surface area contributed by atoms with Crippen molar-refractivity contribution in [3.05, 3.63) is 11.9 Å². The molecule has 1 unspecified atom stereocenters. The Morgan fingerprint density at radius 3 is 2.74 bits per heavy atom. The van der Waals surface area contributed by atoms with E-state index in [2.05, 4.69) is 10.00 Å². The van der Waals surface area contributed by atoms with Crippen molar-refractivity contribution in [2.75, 3.05) is 34.3 Å². The lowest BCUT2D eigenvalue weighted by Crippen LogP contribution is -2.40. The van der Waals surface area contributed by atoms with Crippen LogP contribution in [0, 0.1) is 5.92 Å². The molecule has 1 aliphatic rings. The van der Waals surface area contributed by atoms with Crippen LogP contribution in [0.5, 0.6) is 5.75 Å². The van der Waals surface area contributed by atoms with Crippen LogP contribution < -0.4 is 10.5 Å². The van der Waals surface area contributed by atoms with Gasteiger partial charge in [-0.1, -0.05) is 0 Å². The number of ether oxygens (including phenoxy) is 1. The monoisotopic (exact) mass is 268 g/mol. The van der Waals surface area contributed by atoms with E-state index in [1.807, 2.05) is 18.8 Å². The first-order chi connectivity index (χ1) is 9.02. The van der Waals surface area contributed by atoms with Crippen molar-refractivity contribution in [3.8, 4) is 5.75 Å². The highest BCUT2D eigenvalue weighted by Gasteiger charge is 2.48. The van der Waals surface area contributed by atoms with Gasteiger partial charge in [0.15, 0.2) is 5.75 Å². The highest BCUT2D eigenvalue weighted by Crippen LogP contribution is 2.47. The standard InChI is InChI=1S/C13H24N4O2/c1-16(2)6-7-17-12(11(19-3)8-15-17)13(18,9-14)10-4-5-10/h8,10,18H,4-7,9,14H2,1-3H3. The van der Waals surface area contributed by atoms with Crippen molar-refractivity contribution >= 4 is 0 Å². The summed E-state index contributed by atoms with van der Waals surface area (Å²) in [6, 6.07) is 0. The molecule has 1 saturated carbocycles. The molecule has 2 rings (SSSR count). The molecule has 0 radical (unpaired) electrons. The van der Waals surface area contributed by atoms with Gasteiger partial charge in [-0.05, 0) is 32.9 Å². The molecule has 0 spiro atoms. The van der Waals surface area contributed by atoms with Crippen molar-refractivity contribution in [1.29, 1.82) is 0 Å².